The van der Waals surface area contributed by atoms with Crippen LogP contribution in [0.25, 0.3) is 0 Å². The maximum absolute atomic E-state index is 12.6. The molecule has 0 saturated carbocycles. The molecule has 7 heteroatoms. The Labute approximate surface area is 141 Å². The molecule has 0 fully saturated rings. The standard InChI is InChI=1S/C17H19NO5S/c1-4-23-16-10-9-13(11-12(16)2)24(20,21)18-15-8-6-5-7-14(15)17(19)22-3/h5-11,18H,4H2,1-3H3. The molecule has 0 aliphatic heterocycles. The van der Waals surface area contributed by atoms with Gasteiger partial charge in [0.1, 0.15) is 5.75 Å². The predicted molar refractivity (Wildman–Crippen MR) is 90.9 cm³/mol. The molecule has 0 bridgehead atoms. The second kappa shape index (κ2) is 7.35. The Kier molecular flexibility index (Phi) is 5.46. The first-order valence-corrected chi connectivity index (χ1v) is 8.81. The minimum atomic E-state index is -3.85. The Balaban J connectivity index is 2.36. The number of carbonyl (C=O) groups excluding carboxylic acids is 1. The van der Waals surface area contributed by atoms with Crippen LogP contribution in [0.2, 0.25) is 0 Å². The molecule has 0 amide bonds. The summed E-state index contributed by atoms with van der Waals surface area (Å²) in [6.45, 7) is 4.12. The van der Waals surface area contributed by atoms with E-state index in [4.69, 9.17) is 4.74 Å². The molecule has 2 aromatic carbocycles. The van der Waals surface area contributed by atoms with E-state index in [0.29, 0.717) is 17.9 Å². The van der Waals surface area contributed by atoms with Crippen molar-refractivity contribution in [1.82, 2.24) is 0 Å². The van der Waals surface area contributed by atoms with E-state index >= 15 is 0 Å². The Hall–Kier alpha value is -2.54. The van der Waals surface area contributed by atoms with Crippen molar-refractivity contribution >= 4 is 21.7 Å². The van der Waals surface area contributed by atoms with Crippen LogP contribution in [0.1, 0.15) is 22.8 Å². The Morgan fingerprint density at radius 1 is 1.17 bits per heavy atom. The number of rotatable bonds is 6. The van der Waals surface area contributed by atoms with Crippen LogP contribution in [0.5, 0.6) is 5.75 Å². The van der Waals surface area contributed by atoms with Crippen molar-refractivity contribution in [3.8, 4) is 5.75 Å². The van der Waals surface area contributed by atoms with Crippen LogP contribution >= 0.6 is 0 Å². The first kappa shape index (κ1) is 17.8. The summed E-state index contributed by atoms with van der Waals surface area (Å²) in [5, 5.41) is 0. The first-order valence-electron chi connectivity index (χ1n) is 7.32. The minimum absolute atomic E-state index is 0.0862. The molecule has 2 aromatic rings. The highest BCUT2D eigenvalue weighted by Crippen LogP contribution is 2.25. The van der Waals surface area contributed by atoms with Crippen LogP contribution in [0.15, 0.2) is 47.4 Å². The number of sulfonamides is 1. The Morgan fingerprint density at radius 3 is 2.50 bits per heavy atom. The van der Waals surface area contributed by atoms with Crippen molar-refractivity contribution in [3.05, 3.63) is 53.6 Å². The zero-order valence-corrected chi connectivity index (χ0v) is 14.5. The third kappa shape index (κ3) is 3.86. The predicted octanol–water partition coefficient (Wildman–Crippen LogP) is 2.98. The molecule has 0 aromatic heterocycles. The van der Waals surface area contributed by atoms with Gasteiger partial charge < -0.3 is 9.47 Å². The van der Waals surface area contributed by atoms with Crippen molar-refractivity contribution in [2.45, 2.75) is 18.7 Å². The van der Waals surface area contributed by atoms with Gasteiger partial charge in [-0.3, -0.25) is 4.72 Å². The summed E-state index contributed by atoms with van der Waals surface area (Å²) in [7, 11) is -2.61. The third-order valence-corrected chi connectivity index (χ3v) is 4.70. The van der Waals surface area contributed by atoms with Gasteiger partial charge in [-0.2, -0.15) is 0 Å². The summed E-state index contributed by atoms with van der Waals surface area (Å²) < 4.78 is 37.7. The van der Waals surface area contributed by atoms with E-state index in [1.807, 2.05) is 6.92 Å². The molecular formula is C17H19NO5S. The lowest BCUT2D eigenvalue weighted by Gasteiger charge is -2.13. The van der Waals surface area contributed by atoms with Gasteiger partial charge in [0.2, 0.25) is 0 Å². The second-order valence-corrected chi connectivity index (χ2v) is 6.69. The van der Waals surface area contributed by atoms with Crippen molar-refractivity contribution in [3.63, 3.8) is 0 Å². The number of nitrogens with one attached hydrogen (secondary N) is 1. The smallest absolute Gasteiger partial charge is 0.339 e. The zero-order valence-electron chi connectivity index (χ0n) is 13.7. The van der Waals surface area contributed by atoms with E-state index in [-0.39, 0.29) is 16.1 Å². The summed E-state index contributed by atoms with van der Waals surface area (Å²) in [6, 6.07) is 10.9. The zero-order chi connectivity index (χ0) is 17.7. The molecule has 24 heavy (non-hydrogen) atoms. The molecule has 0 saturated heterocycles. The quantitative estimate of drug-likeness (QED) is 0.811. The second-order valence-electron chi connectivity index (χ2n) is 5.00. The molecular weight excluding hydrogens is 330 g/mol. The van der Waals surface area contributed by atoms with E-state index in [1.165, 1.54) is 31.4 Å². The lowest BCUT2D eigenvalue weighted by atomic mass is 10.2. The summed E-state index contributed by atoms with van der Waals surface area (Å²) in [5.41, 5.74) is 1.02. The number of para-hydroxylation sites is 1. The number of carbonyl (C=O) groups is 1. The van der Waals surface area contributed by atoms with Gasteiger partial charge in [0.05, 0.1) is 29.9 Å². The maximum atomic E-state index is 12.6. The molecule has 6 nitrogen and oxygen atoms in total. The maximum Gasteiger partial charge on any atom is 0.339 e. The number of hydrogen-bond donors (Lipinski definition) is 1. The fraction of sp³-hybridized carbons (Fsp3) is 0.235. The summed E-state index contributed by atoms with van der Waals surface area (Å²) in [6.07, 6.45) is 0. The molecule has 128 valence electrons. The molecule has 0 spiro atoms. The van der Waals surface area contributed by atoms with Crippen molar-refractivity contribution in [2.75, 3.05) is 18.4 Å². The van der Waals surface area contributed by atoms with Crippen LogP contribution in [0.4, 0.5) is 5.69 Å². The molecule has 0 aliphatic rings. The van der Waals surface area contributed by atoms with Crippen LogP contribution < -0.4 is 9.46 Å². The normalized spacial score (nSPS) is 11.0. The monoisotopic (exact) mass is 349 g/mol. The largest absolute Gasteiger partial charge is 0.494 e. The van der Waals surface area contributed by atoms with Crippen molar-refractivity contribution in [2.24, 2.45) is 0 Å². The number of benzene rings is 2. The topological polar surface area (TPSA) is 81.7 Å². The number of ether oxygens (including phenoxy) is 2. The van der Waals surface area contributed by atoms with E-state index in [1.54, 1.807) is 25.1 Å². The van der Waals surface area contributed by atoms with Crippen LogP contribution in [0, 0.1) is 6.92 Å². The Morgan fingerprint density at radius 2 is 1.88 bits per heavy atom. The fourth-order valence-corrected chi connectivity index (χ4v) is 3.33. The van der Waals surface area contributed by atoms with Crippen LogP contribution in [-0.4, -0.2) is 28.1 Å². The lowest BCUT2D eigenvalue weighted by Crippen LogP contribution is -2.16. The summed E-state index contributed by atoms with van der Waals surface area (Å²) >= 11 is 0. The number of esters is 1. The number of methoxy groups -OCH3 is 1. The van der Waals surface area contributed by atoms with Gasteiger partial charge in [0, 0.05) is 0 Å². The number of anilines is 1. The SMILES string of the molecule is CCOc1ccc(S(=O)(=O)Nc2ccccc2C(=O)OC)cc1C. The first-order chi connectivity index (χ1) is 11.4. The van der Waals surface area contributed by atoms with E-state index < -0.39 is 16.0 Å². The van der Waals surface area contributed by atoms with Crippen molar-refractivity contribution in [1.29, 1.82) is 0 Å². The lowest BCUT2D eigenvalue weighted by molar-refractivity contribution is 0.0602. The molecule has 0 radical (unpaired) electrons. The van der Waals surface area contributed by atoms with Gasteiger partial charge in [-0.05, 0) is 49.7 Å². The van der Waals surface area contributed by atoms with Gasteiger partial charge in [-0.15, -0.1) is 0 Å². The fourth-order valence-electron chi connectivity index (χ4n) is 2.17. The van der Waals surface area contributed by atoms with E-state index in [9.17, 15) is 13.2 Å². The summed E-state index contributed by atoms with van der Waals surface area (Å²) in [4.78, 5) is 11.8. The minimum Gasteiger partial charge on any atom is -0.494 e. The van der Waals surface area contributed by atoms with Gasteiger partial charge in [0.15, 0.2) is 0 Å². The van der Waals surface area contributed by atoms with Gasteiger partial charge in [-0.1, -0.05) is 12.1 Å². The average Bonchev–Trinajstić information content (AvgIpc) is 2.56. The highest BCUT2D eigenvalue weighted by atomic mass is 32.2. The molecule has 0 aliphatic carbocycles. The van der Waals surface area contributed by atoms with Crippen LogP contribution in [-0.2, 0) is 14.8 Å². The molecule has 0 heterocycles. The molecule has 1 N–H and O–H groups in total. The third-order valence-electron chi connectivity index (χ3n) is 3.33. The van der Waals surface area contributed by atoms with Crippen molar-refractivity contribution < 1.29 is 22.7 Å². The van der Waals surface area contributed by atoms with Gasteiger partial charge >= 0.3 is 5.97 Å². The Bertz CT molecular complexity index is 846. The van der Waals surface area contributed by atoms with Gasteiger partial charge in [0.25, 0.3) is 10.0 Å². The molecule has 0 unspecified atom stereocenters. The molecule has 0 atom stereocenters. The number of hydrogen-bond acceptors (Lipinski definition) is 5. The van der Waals surface area contributed by atoms with Crippen LogP contribution in [0.3, 0.4) is 0 Å². The van der Waals surface area contributed by atoms with E-state index in [0.717, 1.165) is 0 Å². The summed E-state index contributed by atoms with van der Waals surface area (Å²) in [5.74, 6) is 0.0163. The average molecular weight is 349 g/mol. The van der Waals surface area contributed by atoms with E-state index in [2.05, 4.69) is 9.46 Å². The highest BCUT2D eigenvalue weighted by Gasteiger charge is 2.19. The molecule has 2 rings (SSSR count). The highest BCUT2D eigenvalue weighted by molar-refractivity contribution is 7.92. The van der Waals surface area contributed by atoms with Gasteiger partial charge in [-0.25, -0.2) is 13.2 Å². The number of aryl methyl sites for hydroxylation is 1.